The first kappa shape index (κ1) is 12.8. The average Bonchev–Trinajstić information content (AvgIpc) is 2.13. The van der Waals surface area contributed by atoms with E-state index >= 15 is 0 Å². The molecule has 0 aliphatic heterocycles. The van der Waals surface area contributed by atoms with Crippen molar-refractivity contribution in [2.24, 2.45) is 5.41 Å². The molecule has 4 N–H and O–H groups in total. The van der Waals surface area contributed by atoms with Crippen LogP contribution in [0.15, 0.2) is 18.2 Å². The van der Waals surface area contributed by atoms with Crippen molar-refractivity contribution < 1.29 is 5.11 Å². The summed E-state index contributed by atoms with van der Waals surface area (Å²) in [6, 6.07) is 5.96. The maximum atomic E-state index is 8.94. The number of hydrogen-bond donors (Lipinski definition) is 3. The molecule has 1 aromatic rings. The molecule has 16 heavy (non-hydrogen) atoms. The first-order chi connectivity index (χ1) is 7.43. The van der Waals surface area contributed by atoms with Crippen molar-refractivity contribution in [2.45, 2.75) is 27.2 Å². The van der Waals surface area contributed by atoms with Crippen molar-refractivity contribution in [3.8, 4) is 0 Å². The molecule has 0 radical (unpaired) electrons. The van der Waals surface area contributed by atoms with E-state index in [0.717, 1.165) is 29.9 Å². The quantitative estimate of drug-likeness (QED) is 0.670. The zero-order valence-electron chi connectivity index (χ0n) is 10.4. The van der Waals surface area contributed by atoms with E-state index in [4.69, 9.17) is 10.8 Å². The number of aliphatic hydroxyl groups is 1. The summed E-state index contributed by atoms with van der Waals surface area (Å²) < 4.78 is 0. The largest absolute Gasteiger partial charge is 0.399 e. The van der Waals surface area contributed by atoms with Gasteiger partial charge in [0.15, 0.2) is 0 Å². The second-order valence-corrected chi connectivity index (χ2v) is 5.12. The number of aliphatic hydroxyl groups excluding tert-OH is 1. The van der Waals surface area contributed by atoms with Crippen LogP contribution in [0.2, 0.25) is 0 Å². The van der Waals surface area contributed by atoms with E-state index in [-0.39, 0.29) is 12.0 Å². The van der Waals surface area contributed by atoms with Crippen LogP contribution in [-0.4, -0.2) is 18.3 Å². The summed E-state index contributed by atoms with van der Waals surface area (Å²) in [4.78, 5) is 0. The molecule has 0 unspecified atom stereocenters. The molecule has 0 spiro atoms. The third-order valence-corrected chi connectivity index (χ3v) is 2.66. The SMILES string of the molecule is Cc1cc(N)cc(NCC(C)(C)CCO)c1. The van der Waals surface area contributed by atoms with Gasteiger partial charge in [-0.05, 0) is 42.5 Å². The number of anilines is 2. The number of nitrogens with two attached hydrogens (primary N) is 1. The fourth-order valence-corrected chi connectivity index (χ4v) is 1.65. The molecule has 3 nitrogen and oxygen atoms in total. The zero-order chi connectivity index (χ0) is 12.2. The molecule has 0 aromatic heterocycles. The van der Waals surface area contributed by atoms with Crippen LogP contribution in [0.3, 0.4) is 0 Å². The smallest absolute Gasteiger partial charge is 0.0436 e. The molecule has 0 bridgehead atoms. The van der Waals surface area contributed by atoms with Crippen LogP contribution < -0.4 is 11.1 Å². The molecular formula is C13H22N2O. The van der Waals surface area contributed by atoms with Gasteiger partial charge in [-0.3, -0.25) is 0 Å². The van der Waals surface area contributed by atoms with Crippen LogP contribution in [0.5, 0.6) is 0 Å². The second kappa shape index (κ2) is 5.21. The Kier molecular flexibility index (Phi) is 4.19. The molecule has 1 rings (SSSR count). The molecule has 3 heteroatoms. The van der Waals surface area contributed by atoms with Crippen LogP contribution >= 0.6 is 0 Å². The standard InChI is InChI=1S/C13H22N2O/c1-10-6-11(14)8-12(7-10)15-9-13(2,3)4-5-16/h6-8,15-16H,4-5,9,14H2,1-3H3. The van der Waals surface area contributed by atoms with Crippen LogP contribution in [0.4, 0.5) is 11.4 Å². The van der Waals surface area contributed by atoms with E-state index in [0.29, 0.717) is 0 Å². The summed E-state index contributed by atoms with van der Waals surface area (Å²) in [6.45, 7) is 7.35. The summed E-state index contributed by atoms with van der Waals surface area (Å²) in [5.74, 6) is 0. The lowest BCUT2D eigenvalue weighted by Gasteiger charge is -2.24. The first-order valence-electron chi connectivity index (χ1n) is 5.65. The van der Waals surface area contributed by atoms with E-state index in [9.17, 15) is 0 Å². The van der Waals surface area contributed by atoms with Crippen molar-refractivity contribution in [1.82, 2.24) is 0 Å². The fourth-order valence-electron chi connectivity index (χ4n) is 1.65. The molecule has 90 valence electrons. The number of rotatable bonds is 5. The Morgan fingerprint density at radius 1 is 1.31 bits per heavy atom. The minimum atomic E-state index is 0.0905. The van der Waals surface area contributed by atoms with Gasteiger partial charge in [-0.15, -0.1) is 0 Å². The molecule has 0 aliphatic carbocycles. The predicted octanol–water partition coefficient (Wildman–Crippen LogP) is 2.40. The minimum Gasteiger partial charge on any atom is -0.399 e. The molecule has 0 aliphatic rings. The van der Waals surface area contributed by atoms with Crippen LogP contribution in [0.25, 0.3) is 0 Å². The lowest BCUT2D eigenvalue weighted by Crippen LogP contribution is -2.24. The van der Waals surface area contributed by atoms with Gasteiger partial charge in [-0.2, -0.15) is 0 Å². The molecule has 0 amide bonds. The van der Waals surface area contributed by atoms with Gasteiger partial charge in [-0.25, -0.2) is 0 Å². The lowest BCUT2D eigenvalue weighted by molar-refractivity contribution is 0.220. The van der Waals surface area contributed by atoms with Gasteiger partial charge in [0.2, 0.25) is 0 Å². The zero-order valence-corrected chi connectivity index (χ0v) is 10.4. The van der Waals surface area contributed by atoms with E-state index < -0.39 is 0 Å². The fraction of sp³-hybridized carbons (Fsp3) is 0.538. The highest BCUT2D eigenvalue weighted by molar-refractivity contribution is 5.56. The molecular weight excluding hydrogens is 200 g/mol. The Bertz CT molecular complexity index is 328. The molecule has 1 aromatic carbocycles. The molecule has 0 saturated carbocycles. The number of hydrogen-bond acceptors (Lipinski definition) is 3. The Hall–Kier alpha value is -1.22. The van der Waals surface area contributed by atoms with Gasteiger partial charge < -0.3 is 16.2 Å². The molecule has 0 atom stereocenters. The summed E-state index contributed by atoms with van der Waals surface area (Å²) in [7, 11) is 0. The van der Waals surface area contributed by atoms with Gasteiger partial charge >= 0.3 is 0 Å². The van der Waals surface area contributed by atoms with Crippen molar-refractivity contribution in [2.75, 3.05) is 24.2 Å². The van der Waals surface area contributed by atoms with Gasteiger partial charge in [0.05, 0.1) is 0 Å². The number of nitrogen functional groups attached to an aromatic ring is 1. The monoisotopic (exact) mass is 222 g/mol. The predicted molar refractivity (Wildman–Crippen MR) is 69.6 cm³/mol. The third-order valence-electron chi connectivity index (χ3n) is 2.66. The Morgan fingerprint density at radius 3 is 2.56 bits per heavy atom. The van der Waals surface area contributed by atoms with Crippen molar-refractivity contribution in [1.29, 1.82) is 0 Å². The maximum absolute atomic E-state index is 8.94. The van der Waals surface area contributed by atoms with Gasteiger partial charge in [0.1, 0.15) is 0 Å². The highest BCUT2D eigenvalue weighted by Gasteiger charge is 2.16. The van der Waals surface area contributed by atoms with E-state index in [1.54, 1.807) is 0 Å². The van der Waals surface area contributed by atoms with Crippen molar-refractivity contribution >= 4 is 11.4 Å². The highest BCUT2D eigenvalue weighted by atomic mass is 16.3. The maximum Gasteiger partial charge on any atom is 0.0436 e. The Labute approximate surface area is 97.7 Å². The lowest BCUT2D eigenvalue weighted by atomic mass is 9.89. The summed E-state index contributed by atoms with van der Waals surface area (Å²) in [5, 5.41) is 12.3. The molecule has 0 fully saturated rings. The van der Waals surface area contributed by atoms with E-state index in [1.807, 2.05) is 19.1 Å². The topological polar surface area (TPSA) is 58.3 Å². The molecule has 0 saturated heterocycles. The Balaban J connectivity index is 2.60. The van der Waals surface area contributed by atoms with Crippen LogP contribution in [0.1, 0.15) is 25.8 Å². The van der Waals surface area contributed by atoms with Gasteiger partial charge in [-0.1, -0.05) is 13.8 Å². The number of nitrogens with one attached hydrogen (secondary N) is 1. The normalized spacial score (nSPS) is 11.5. The third kappa shape index (κ3) is 4.11. The minimum absolute atomic E-state index is 0.0905. The van der Waals surface area contributed by atoms with E-state index in [2.05, 4.69) is 25.2 Å². The summed E-state index contributed by atoms with van der Waals surface area (Å²) in [6.07, 6.45) is 0.793. The van der Waals surface area contributed by atoms with E-state index in [1.165, 1.54) is 0 Å². The van der Waals surface area contributed by atoms with Crippen molar-refractivity contribution in [3.63, 3.8) is 0 Å². The second-order valence-electron chi connectivity index (χ2n) is 5.12. The van der Waals surface area contributed by atoms with Gasteiger partial charge in [0, 0.05) is 24.5 Å². The number of aryl methyl sites for hydroxylation is 1. The Morgan fingerprint density at radius 2 is 2.00 bits per heavy atom. The molecule has 0 heterocycles. The average molecular weight is 222 g/mol. The van der Waals surface area contributed by atoms with Crippen LogP contribution in [-0.2, 0) is 0 Å². The van der Waals surface area contributed by atoms with Gasteiger partial charge in [0.25, 0.3) is 0 Å². The van der Waals surface area contributed by atoms with Crippen molar-refractivity contribution in [3.05, 3.63) is 23.8 Å². The highest BCUT2D eigenvalue weighted by Crippen LogP contribution is 2.22. The van der Waals surface area contributed by atoms with Crippen LogP contribution in [0, 0.1) is 12.3 Å². The number of benzene rings is 1. The first-order valence-corrected chi connectivity index (χ1v) is 5.65. The summed E-state index contributed by atoms with van der Waals surface area (Å²) >= 11 is 0. The summed E-state index contributed by atoms with van der Waals surface area (Å²) in [5.41, 5.74) is 8.85.